The van der Waals surface area contributed by atoms with Crippen LogP contribution in [-0.2, 0) is 4.79 Å². The van der Waals surface area contributed by atoms with E-state index in [1.165, 1.54) is 6.08 Å². The molecule has 5 nitrogen and oxygen atoms in total. The van der Waals surface area contributed by atoms with Crippen LogP contribution in [0.2, 0.25) is 0 Å². The molecule has 0 saturated heterocycles. The Morgan fingerprint density at radius 3 is 2.70 bits per heavy atom. The number of amides is 1. The smallest absolute Gasteiger partial charge is 0.244 e. The first kappa shape index (κ1) is 15.5. The Kier molecular flexibility index (Phi) is 4.57. The zero-order valence-electron chi connectivity index (χ0n) is 13.0. The fourth-order valence-corrected chi connectivity index (χ4v) is 2.86. The van der Waals surface area contributed by atoms with Crippen molar-refractivity contribution in [1.82, 2.24) is 14.9 Å². The lowest BCUT2D eigenvalue weighted by Gasteiger charge is -2.21. The zero-order valence-corrected chi connectivity index (χ0v) is 13.0. The minimum Gasteiger partial charge on any atom is -0.388 e. The molecule has 2 N–H and O–H groups in total. The van der Waals surface area contributed by atoms with Gasteiger partial charge in [-0.2, -0.15) is 0 Å². The molecule has 1 saturated carbocycles. The summed E-state index contributed by atoms with van der Waals surface area (Å²) in [6.07, 6.45) is 12.2. The van der Waals surface area contributed by atoms with Crippen molar-refractivity contribution in [3.05, 3.63) is 54.6 Å². The molecule has 1 aromatic heterocycles. The molecule has 0 radical (unpaired) electrons. The lowest BCUT2D eigenvalue weighted by atomic mass is 10.0. The first-order valence-corrected chi connectivity index (χ1v) is 7.91. The maximum absolute atomic E-state index is 11.8. The van der Waals surface area contributed by atoms with Gasteiger partial charge in [-0.3, -0.25) is 4.79 Å². The average molecular weight is 311 g/mol. The molecule has 0 aliphatic heterocycles. The monoisotopic (exact) mass is 311 g/mol. The molecule has 5 heteroatoms. The summed E-state index contributed by atoms with van der Waals surface area (Å²) >= 11 is 0. The molecule has 23 heavy (non-hydrogen) atoms. The van der Waals surface area contributed by atoms with Gasteiger partial charge in [-0.25, -0.2) is 4.98 Å². The Labute approximate surface area is 135 Å². The van der Waals surface area contributed by atoms with E-state index in [-0.39, 0.29) is 5.91 Å². The van der Waals surface area contributed by atoms with Crippen molar-refractivity contribution >= 4 is 12.0 Å². The minimum absolute atomic E-state index is 0.177. The molecular weight excluding hydrogens is 290 g/mol. The van der Waals surface area contributed by atoms with E-state index in [2.05, 4.69) is 10.3 Å². The quantitative estimate of drug-likeness (QED) is 0.833. The minimum atomic E-state index is -0.712. The third kappa shape index (κ3) is 4.07. The number of imidazole rings is 1. The summed E-state index contributed by atoms with van der Waals surface area (Å²) in [5.74, 6) is -0.177. The number of nitrogens with one attached hydrogen (secondary N) is 1. The molecule has 1 aliphatic rings. The second-order valence-corrected chi connectivity index (χ2v) is 6.04. The predicted molar refractivity (Wildman–Crippen MR) is 89.0 cm³/mol. The van der Waals surface area contributed by atoms with E-state index in [1.54, 1.807) is 18.6 Å². The standard InChI is InChI=1S/C18H21N3O2/c22-17(20-13-18(23)9-1-2-10-18)8-5-15-3-6-16(7-4-15)21-12-11-19-14-21/h3-8,11-12,14,23H,1-2,9-10,13H2,(H,20,22)/b8-5+. The van der Waals surface area contributed by atoms with Gasteiger partial charge in [0.25, 0.3) is 0 Å². The Balaban J connectivity index is 1.54. The summed E-state index contributed by atoms with van der Waals surface area (Å²) in [5.41, 5.74) is 1.26. The number of aromatic nitrogens is 2. The number of carbonyl (C=O) groups excluding carboxylic acids is 1. The highest BCUT2D eigenvalue weighted by molar-refractivity contribution is 5.91. The summed E-state index contributed by atoms with van der Waals surface area (Å²) in [5, 5.41) is 13.0. The number of rotatable bonds is 5. The summed E-state index contributed by atoms with van der Waals surface area (Å²) in [7, 11) is 0. The molecule has 2 aromatic rings. The molecule has 1 aromatic carbocycles. The summed E-state index contributed by atoms with van der Waals surface area (Å²) < 4.78 is 1.92. The largest absolute Gasteiger partial charge is 0.388 e. The van der Waals surface area contributed by atoms with Crippen LogP contribution in [0.1, 0.15) is 31.2 Å². The van der Waals surface area contributed by atoms with Crippen LogP contribution in [0, 0.1) is 0 Å². The molecule has 1 heterocycles. The summed E-state index contributed by atoms with van der Waals surface area (Å²) in [6, 6.07) is 7.84. The van der Waals surface area contributed by atoms with Crippen molar-refractivity contribution in [2.75, 3.05) is 6.54 Å². The normalized spacial score (nSPS) is 16.7. The lowest BCUT2D eigenvalue weighted by Crippen LogP contribution is -2.40. The third-order valence-corrected chi connectivity index (χ3v) is 4.25. The van der Waals surface area contributed by atoms with E-state index in [4.69, 9.17) is 0 Å². The molecule has 0 atom stereocenters. The Hall–Kier alpha value is -2.40. The first-order valence-electron chi connectivity index (χ1n) is 7.91. The van der Waals surface area contributed by atoms with Crippen LogP contribution in [0.5, 0.6) is 0 Å². The molecule has 3 rings (SSSR count). The van der Waals surface area contributed by atoms with Crippen LogP contribution < -0.4 is 5.32 Å². The van der Waals surface area contributed by atoms with Gasteiger partial charge in [0, 0.05) is 30.7 Å². The maximum atomic E-state index is 11.8. The van der Waals surface area contributed by atoms with E-state index in [0.717, 1.165) is 36.9 Å². The highest BCUT2D eigenvalue weighted by atomic mass is 16.3. The topological polar surface area (TPSA) is 67.2 Å². The number of hydrogen-bond acceptors (Lipinski definition) is 3. The molecule has 120 valence electrons. The van der Waals surface area contributed by atoms with Gasteiger partial charge < -0.3 is 15.0 Å². The van der Waals surface area contributed by atoms with E-state index < -0.39 is 5.60 Å². The van der Waals surface area contributed by atoms with Crippen molar-refractivity contribution in [2.45, 2.75) is 31.3 Å². The fourth-order valence-electron chi connectivity index (χ4n) is 2.86. The summed E-state index contributed by atoms with van der Waals surface area (Å²) in [4.78, 5) is 15.9. The van der Waals surface area contributed by atoms with Gasteiger partial charge in [0.1, 0.15) is 0 Å². The summed E-state index contributed by atoms with van der Waals surface area (Å²) in [6.45, 7) is 0.329. The van der Waals surface area contributed by atoms with Crippen LogP contribution in [-0.4, -0.2) is 32.7 Å². The van der Waals surface area contributed by atoms with Crippen molar-refractivity contribution in [2.24, 2.45) is 0 Å². The van der Waals surface area contributed by atoms with Crippen molar-refractivity contribution in [1.29, 1.82) is 0 Å². The molecular formula is C18H21N3O2. The van der Waals surface area contributed by atoms with Gasteiger partial charge in [-0.15, -0.1) is 0 Å². The zero-order chi connectivity index (χ0) is 16.1. The van der Waals surface area contributed by atoms with Gasteiger partial charge in [-0.1, -0.05) is 25.0 Å². The highest BCUT2D eigenvalue weighted by Gasteiger charge is 2.30. The number of benzene rings is 1. The van der Waals surface area contributed by atoms with E-state index in [0.29, 0.717) is 6.54 Å². The SMILES string of the molecule is O=C(/C=C/c1ccc(-n2ccnc2)cc1)NCC1(O)CCCC1. The van der Waals surface area contributed by atoms with Gasteiger partial charge in [0.2, 0.25) is 5.91 Å². The van der Waals surface area contributed by atoms with Crippen LogP contribution in [0.25, 0.3) is 11.8 Å². The van der Waals surface area contributed by atoms with E-state index in [9.17, 15) is 9.90 Å². The molecule has 0 unspecified atom stereocenters. The van der Waals surface area contributed by atoms with Gasteiger partial charge >= 0.3 is 0 Å². The second kappa shape index (κ2) is 6.79. The molecule has 1 amide bonds. The average Bonchev–Trinajstić information content (AvgIpc) is 3.24. The number of hydrogen-bond donors (Lipinski definition) is 2. The second-order valence-electron chi connectivity index (χ2n) is 6.04. The third-order valence-electron chi connectivity index (χ3n) is 4.25. The van der Waals surface area contributed by atoms with Crippen LogP contribution in [0.3, 0.4) is 0 Å². The lowest BCUT2D eigenvalue weighted by molar-refractivity contribution is -0.117. The van der Waals surface area contributed by atoms with Crippen LogP contribution in [0.15, 0.2) is 49.1 Å². The predicted octanol–water partition coefficient (Wildman–Crippen LogP) is 2.31. The first-order chi connectivity index (χ1) is 11.1. The van der Waals surface area contributed by atoms with E-state index in [1.807, 2.05) is 35.0 Å². The van der Waals surface area contributed by atoms with Gasteiger partial charge in [0.05, 0.1) is 11.9 Å². The molecule has 1 aliphatic carbocycles. The maximum Gasteiger partial charge on any atom is 0.244 e. The number of carbonyl (C=O) groups is 1. The van der Waals surface area contributed by atoms with Crippen LogP contribution in [0.4, 0.5) is 0 Å². The number of nitrogens with zero attached hydrogens (tertiary/aromatic N) is 2. The Bertz CT molecular complexity index is 669. The Morgan fingerprint density at radius 2 is 2.04 bits per heavy atom. The fraction of sp³-hybridized carbons (Fsp3) is 0.333. The number of aliphatic hydroxyl groups is 1. The van der Waals surface area contributed by atoms with Crippen molar-refractivity contribution < 1.29 is 9.90 Å². The van der Waals surface area contributed by atoms with E-state index >= 15 is 0 Å². The Morgan fingerprint density at radius 1 is 1.30 bits per heavy atom. The molecule has 0 bridgehead atoms. The van der Waals surface area contributed by atoms with Gasteiger partial charge in [0.15, 0.2) is 0 Å². The van der Waals surface area contributed by atoms with Crippen molar-refractivity contribution in [3.8, 4) is 5.69 Å². The highest BCUT2D eigenvalue weighted by Crippen LogP contribution is 2.28. The van der Waals surface area contributed by atoms with Gasteiger partial charge in [-0.05, 0) is 36.6 Å². The van der Waals surface area contributed by atoms with Crippen LogP contribution >= 0.6 is 0 Å². The molecule has 1 fully saturated rings. The van der Waals surface area contributed by atoms with Crippen molar-refractivity contribution in [3.63, 3.8) is 0 Å². The molecule has 0 spiro atoms.